The molecule has 0 aromatic heterocycles. The van der Waals surface area contributed by atoms with Gasteiger partial charge in [-0.1, -0.05) is 29.8 Å². The highest BCUT2D eigenvalue weighted by atomic mass is 35.5. The molecule has 1 amide bonds. The third kappa shape index (κ3) is 2.63. The molecule has 0 saturated heterocycles. The van der Waals surface area contributed by atoms with Crippen LogP contribution in [0.1, 0.15) is 15.9 Å². The Kier molecular flexibility index (Phi) is 3.53. The van der Waals surface area contributed by atoms with Gasteiger partial charge in [0.1, 0.15) is 0 Å². The first-order valence-corrected chi connectivity index (χ1v) is 5.74. The molecule has 0 bridgehead atoms. The van der Waals surface area contributed by atoms with Gasteiger partial charge in [-0.05, 0) is 36.8 Å². The number of hydrogen-bond donors (Lipinski definition) is 0. The molecule has 0 atom stereocenters. The van der Waals surface area contributed by atoms with Crippen LogP contribution in [0.25, 0.3) is 0 Å². The summed E-state index contributed by atoms with van der Waals surface area (Å²) in [5.74, 6) is -0.623. The second-order valence-corrected chi connectivity index (χ2v) is 4.25. The predicted octanol–water partition coefficient (Wildman–Crippen LogP) is 2.84. The Morgan fingerprint density at radius 2 is 1.94 bits per heavy atom. The third-order valence-corrected chi connectivity index (χ3v) is 2.82. The van der Waals surface area contributed by atoms with Crippen molar-refractivity contribution < 1.29 is 9.59 Å². The molecule has 0 radical (unpaired) electrons. The van der Waals surface area contributed by atoms with Crippen LogP contribution >= 0.6 is 11.6 Å². The molecule has 1 aromatic rings. The van der Waals surface area contributed by atoms with E-state index in [0.29, 0.717) is 11.3 Å². The van der Waals surface area contributed by atoms with Crippen molar-refractivity contribution in [2.45, 2.75) is 6.92 Å². The number of halogens is 1. The van der Waals surface area contributed by atoms with Crippen molar-refractivity contribution in [1.82, 2.24) is 0 Å². The van der Waals surface area contributed by atoms with Crippen LogP contribution < -0.4 is 0 Å². The van der Waals surface area contributed by atoms with Gasteiger partial charge in [0, 0.05) is 5.56 Å². The summed E-state index contributed by atoms with van der Waals surface area (Å²) in [4.78, 5) is 27.0. The van der Waals surface area contributed by atoms with Crippen molar-refractivity contribution >= 4 is 29.0 Å². The van der Waals surface area contributed by atoms with Crippen molar-refractivity contribution in [1.29, 1.82) is 0 Å². The highest BCUT2D eigenvalue weighted by Crippen LogP contribution is 2.12. The maximum Gasteiger partial charge on any atom is 0.277 e. The van der Waals surface area contributed by atoms with E-state index in [9.17, 15) is 9.59 Å². The number of carbonyl (C=O) groups excluding carboxylic acids is 2. The zero-order valence-electron chi connectivity index (χ0n) is 9.68. The Balaban J connectivity index is 2.30. The van der Waals surface area contributed by atoms with Gasteiger partial charge in [0.2, 0.25) is 0 Å². The molecule has 0 heterocycles. The van der Waals surface area contributed by atoms with E-state index in [-0.39, 0.29) is 16.7 Å². The van der Waals surface area contributed by atoms with Gasteiger partial charge in [-0.25, -0.2) is 4.99 Å². The molecule has 0 unspecified atom stereocenters. The van der Waals surface area contributed by atoms with Gasteiger partial charge >= 0.3 is 0 Å². The lowest BCUT2D eigenvalue weighted by molar-refractivity contribution is -0.110. The molecule has 90 valence electrons. The van der Waals surface area contributed by atoms with Gasteiger partial charge in [0.15, 0.2) is 5.78 Å². The number of allylic oxidation sites excluding steroid dienone is 4. The zero-order valence-corrected chi connectivity index (χ0v) is 10.4. The molecule has 3 nitrogen and oxygen atoms in total. The summed E-state index contributed by atoms with van der Waals surface area (Å²) < 4.78 is 0. The molecule has 4 heteroatoms. The van der Waals surface area contributed by atoms with Gasteiger partial charge in [0.25, 0.3) is 5.91 Å². The van der Waals surface area contributed by atoms with Gasteiger partial charge in [-0.15, -0.1) is 0 Å². The van der Waals surface area contributed by atoms with Crippen molar-refractivity contribution in [3.05, 3.63) is 58.7 Å². The number of amides is 1. The Morgan fingerprint density at radius 3 is 2.61 bits per heavy atom. The number of aliphatic imine (C=N–C) groups is 1. The van der Waals surface area contributed by atoms with E-state index in [2.05, 4.69) is 4.99 Å². The van der Waals surface area contributed by atoms with E-state index in [0.717, 1.165) is 5.56 Å². The molecular formula is C14H10ClNO2. The highest BCUT2D eigenvalue weighted by molar-refractivity contribution is 6.47. The lowest BCUT2D eigenvalue weighted by atomic mass is 10.1. The SMILES string of the molecule is Cc1ccccc1C(=O)N=C1C=CC(=O)C(Cl)=C1. The maximum atomic E-state index is 11.9. The topological polar surface area (TPSA) is 46.5 Å². The smallest absolute Gasteiger partial charge is 0.277 e. The molecule has 1 aliphatic rings. The Hall–Kier alpha value is -2.00. The second kappa shape index (κ2) is 5.10. The first kappa shape index (κ1) is 12.5. The van der Waals surface area contributed by atoms with Crippen LogP contribution in [0.2, 0.25) is 0 Å². The molecule has 1 aromatic carbocycles. The third-order valence-electron chi connectivity index (χ3n) is 2.52. The standard InChI is InChI=1S/C14H10ClNO2/c1-9-4-2-3-5-11(9)14(18)16-10-6-7-13(17)12(15)8-10/h2-8H,1H3. The van der Waals surface area contributed by atoms with E-state index in [1.807, 2.05) is 19.1 Å². The van der Waals surface area contributed by atoms with Crippen LogP contribution in [0.4, 0.5) is 0 Å². The quantitative estimate of drug-likeness (QED) is 0.728. The van der Waals surface area contributed by atoms with E-state index in [4.69, 9.17) is 11.6 Å². The van der Waals surface area contributed by atoms with Crippen LogP contribution in [0.15, 0.2) is 52.5 Å². The lowest BCUT2D eigenvalue weighted by Gasteiger charge is -2.03. The summed E-state index contributed by atoms with van der Waals surface area (Å²) in [6.45, 7) is 1.84. The van der Waals surface area contributed by atoms with Crippen LogP contribution in [0.5, 0.6) is 0 Å². The Bertz CT molecular complexity index is 612. The fourth-order valence-electron chi connectivity index (χ4n) is 1.55. The summed E-state index contributed by atoms with van der Waals surface area (Å²) in [6, 6.07) is 7.19. The number of carbonyl (C=O) groups is 2. The average molecular weight is 260 g/mol. The molecule has 1 aliphatic carbocycles. The van der Waals surface area contributed by atoms with Crippen molar-refractivity contribution in [3.63, 3.8) is 0 Å². The largest absolute Gasteiger partial charge is 0.288 e. The summed E-state index contributed by atoms with van der Waals surface area (Å²) in [5, 5.41) is 0.0637. The minimum Gasteiger partial charge on any atom is -0.288 e. The lowest BCUT2D eigenvalue weighted by Crippen LogP contribution is -2.07. The van der Waals surface area contributed by atoms with Crippen molar-refractivity contribution in [2.24, 2.45) is 4.99 Å². The minimum atomic E-state index is -0.345. The normalized spacial score (nSPS) is 16.9. The van der Waals surface area contributed by atoms with E-state index < -0.39 is 0 Å². The number of aryl methyl sites for hydroxylation is 1. The fraction of sp³-hybridized carbons (Fsp3) is 0.0714. The minimum absolute atomic E-state index is 0.0637. The van der Waals surface area contributed by atoms with Gasteiger partial charge in [-0.3, -0.25) is 9.59 Å². The molecule has 0 saturated carbocycles. The number of hydrogen-bond acceptors (Lipinski definition) is 2. The molecule has 18 heavy (non-hydrogen) atoms. The predicted molar refractivity (Wildman–Crippen MR) is 71.0 cm³/mol. The zero-order chi connectivity index (χ0) is 13.1. The summed E-state index contributed by atoms with van der Waals surface area (Å²) in [6.07, 6.45) is 4.16. The number of ketones is 1. The molecular weight excluding hydrogens is 250 g/mol. The Morgan fingerprint density at radius 1 is 1.22 bits per heavy atom. The fourth-order valence-corrected chi connectivity index (χ4v) is 1.72. The molecule has 0 N–H and O–H groups in total. The maximum absolute atomic E-state index is 11.9. The van der Waals surface area contributed by atoms with Crippen molar-refractivity contribution in [2.75, 3.05) is 0 Å². The molecule has 0 fully saturated rings. The van der Waals surface area contributed by atoms with E-state index in [1.54, 1.807) is 12.1 Å². The van der Waals surface area contributed by atoms with Crippen LogP contribution in [-0.2, 0) is 4.79 Å². The number of rotatable bonds is 1. The Labute approximate surface area is 109 Å². The van der Waals surface area contributed by atoms with Crippen molar-refractivity contribution in [3.8, 4) is 0 Å². The summed E-state index contributed by atoms with van der Waals surface area (Å²) in [5.41, 5.74) is 1.78. The van der Waals surface area contributed by atoms with Gasteiger partial charge in [0.05, 0.1) is 10.7 Å². The molecule has 2 rings (SSSR count). The van der Waals surface area contributed by atoms with Crippen LogP contribution in [-0.4, -0.2) is 17.4 Å². The average Bonchev–Trinajstić information content (AvgIpc) is 2.34. The van der Waals surface area contributed by atoms with Crippen LogP contribution in [0.3, 0.4) is 0 Å². The van der Waals surface area contributed by atoms with Crippen LogP contribution in [0, 0.1) is 6.92 Å². The van der Waals surface area contributed by atoms with Gasteiger partial charge in [-0.2, -0.15) is 0 Å². The monoisotopic (exact) mass is 259 g/mol. The molecule has 0 spiro atoms. The van der Waals surface area contributed by atoms with E-state index >= 15 is 0 Å². The number of nitrogens with zero attached hydrogens (tertiary/aromatic N) is 1. The first-order chi connectivity index (χ1) is 8.58. The number of benzene rings is 1. The summed E-state index contributed by atoms with van der Waals surface area (Å²) >= 11 is 5.69. The molecule has 0 aliphatic heterocycles. The highest BCUT2D eigenvalue weighted by Gasteiger charge is 2.12. The summed E-state index contributed by atoms with van der Waals surface area (Å²) in [7, 11) is 0. The second-order valence-electron chi connectivity index (χ2n) is 3.85. The first-order valence-electron chi connectivity index (χ1n) is 5.36. The van der Waals surface area contributed by atoms with E-state index in [1.165, 1.54) is 18.2 Å². The van der Waals surface area contributed by atoms with Gasteiger partial charge < -0.3 is 0 Å².